The molecule has 0 saturated carbocycles. The quantitative estimate of drug-likeness (QED) is 0.854. The fourth-order valence-corrected chi connectivity index (χ4v) is 2.18. The van der Waals surface area contributed by atoms with E-state index < -0.39 is 0 Å². The van der Waals surface area contributed by atoms with Gasteiger partial charge in [0.25, 0.3) is 0 Å². The normalized spacial score (nSPS) is 10.8. The SMILES string of the molecule is CCOc1c(C(C)=O)cc(Cl)c2c(C)n[nH]c12. The number of H-pyrrole nitrogens is 1. The summed E-state index contributed by atoms with van der Waals surface area (Å²) in [6, 6.07) is 1.64. The van der Waals surface area contributed by atoms with Crippen LogP contribution in [0.3, 0.4) is 0 Å². The summed E-state index contributed by atoms with van der Waals surface area (Å²) in [5.41, 5.74) is 1.95. The zero-order chi connectivity index (χ0) is 12.6. The van der Waals surface area contributed by atoms with E-state index >= 15 is 0 Å². The van der Waals surface area contributed by atoms with E-state index in [0.29, 0.717) is 28.5 Å². The molecular weight excluding hydrogens is 240 g/mol. The molecule has 5 heteroatoms. The van der Waals surface area contributed by atoms with Gasteiger partial charge in [0, 0.05) is 5.39 Å². The van der Waals surface area contributed by atoms with Crippen molar-refractivity contribution < 1.29 is 9.53 Å². The minimum Gasteiger partial charge on any atom is -0.491 e. The summed E-state index contributed by atoms with van der Waals surface area (Å²) in [6.45, 7) is 5.69. The molecule has 0 saturated heterocycles. The molecule has 0 fully saturated rings. The van der Waals surface area contributed by atoms with E-state index in [1.54, 1.807) is 6.07 Å². The molecule has 0 bridgehead atoms. The van der Waals surface area contributed by atoms with Gasteiger partial charge in [0.15, 0.2) is 11.5 Å². The average Bonchev–Trinajstić information content (AvgIpc) is 2.65. The third-order valence-electron chi connectivity index (χ3n) is 2.60. The lowest BCUT2D eigenvalue weighted by Gasteiger charge is -2.10. The molecular formula is C12H13ClN2O2. The summed E-state index contributed by atoms with van der Waals surface area (Å²) in [5.74, 6) is 0.449. The Balaban J connectivity index is 2.83. The Hall–Kier alpha value is -1.55. The lowest BCUT2D eigenvalue weighted by atomic mass is 10.1. The fourth-order valence-electron chi connectivity index (χ4n) is 1.84. The maximum Gasteiger partial charge on any atom is 0.163 e. The van der Waals surface area contributed by atoms with Crippen LogP contribution in [0.2, 0.25) is 5.02 Å². The van der Waals surface area contributed by atoms with Crippen molar-refractivity contribution >= 4 is 28.3 Å². The zero-order valence-electron chi connectivity index (χ0n) is 9.93. The minimum atomic E-state index is -0.0792. The van der Waals surface area contributed by atoms with Crippen LogP contribution in [0.4, 0.5) is 0 Å². The molecule has 1 aromatic carbocycles. The first-order valence-electron chi connectivity index (χ1n) is 5.37. The van der Waals surface area contributed by atoms with Crippen LogP contribution in [0.5, 0.6) is 5.75 Å². The molecule has 0 spiro atoms. The predicted octanol–water partition coefficient (Wildman–Crippen LogP) is 3.13. The van der Waals surface area contributed by atoms with Crippen molar-refractivity contribution in [1.29, 1.82) is 0 Å². The van der Waals surface area contributed by atoms with Gasteiger partial charge in [0.1, 0.15) is 5.52 Å². The molecule has 0 atom stereocenters. The third kappa shape index (κ3) is 1.89. The third-order valence-corrected chi connectivity index (χ3v) is 2.89. The zero-order valence-corrected chi connectivity index (χ0v) is 10.7. The van der Waals surface area contributed by atoms with Gasteiger partial charge >= 0.3 is 0 Å². The second-order valence-electron chi connectivity index (χ2n) is 3.78. The van der Waals surface area contributed by atoms with E-state index in [4.69, 9.17) is 16.3 Å². The lowest BCUT2D eigenvalue weighted by Crippen LogP contribution is -2.01. The maximum atomic E-state index is 11.6. The van der Waals surface area contributed by atoms with E-state index in [1.165, 1.54) is 6.92 Å². The number of rotatable bonds is 3. The van der Waals surface area contributed by atoms with Gasteiger partial charge in [0.2, 0.25) is 0 Å². The molecule has 17 heavy (non-hydrogen) atoms. The van der Waals surface area contributed by atoms with E-state index in [2.05, 4.69) is 10.2 Å². The van der Waals surface area contributed by atoms with Crippen molar-refractivity contribution in [1.82, 2.24) is 10.2 Å². The summed E-state index contributed by atoms with van der Waals surface area (Å²) >= 11 is 6.16. The summed E-state index contributed by atoms with van der Waals surface area (Å²) < 4.78 is 5.53. The Morgan fingerprint density at radius 1 is 1.59 bits per heavy atom. The number of Topliss-reactive ketones (excluding diaryl/α,β-unsaturated/α-hetero) is 1. The summed E-state index contributed by atoms with van der Waals surface area (Å²) in [5, 5.41) is 8.28. The first-order valence-corrected chi connectivity index (χ1v) is 5.75. The number of benzene rings is 1. The van der Waals surface area contributed by atoms with Gasteiger partial charge < -0.3 is 4.74 Å². The summed E-state index contributed by atoms with van der Waals surface area (Å²) in [7, 11) is 0. The molecule has 2 rings (SSSR count). The van der Waals surface area contributed by atoms with Crippen LogP contribution in [0.25, 0.3) is 10.9 Å². The van der Waals surface area contributed by atoms with Crippen molar-refractivity contribution in [2.24, 2.45) is 0 Å². The number of fused-ring (bicyclic) bond motifs is 1. The molecule has 0 amide bonds. The second-order valence-corrected chi connectivity index (χ2v) is 4.19. The molecule has 90 valence electrons. The topological polar surface area (TPSA) is 55.0 Å². The smallest absolute Gasteiger partial charge is 0.163 e. The number of carbonyl (C=O) groups excluding carboxylic acids is 1. The molecule has 2 aromatic rings. The van der Waals surface area contributed by atoms with Gasteiger partial charge in [0.05, 0.1) is 22.9 Å². The van der Waals surface area contributed by atoms with Crippen LogP contribution < -0.4 is 4.74 Å². The number of ketones is 1. The van der Waals surface area contributed by atoms with Crippen LogP contribution in [-0.4, -0.2) is 22.6 Å². The number of nitrogens with one attached hydrogen (secondary N) is 1. The van der Waals surface area contributed by atoms with Gasteiger partial charge in [-0.3, -0.25) is 9.89 Å². The Morgan fingerprint density at radius 3 is 2.88 bits per heavy atom. The summed E-state index contributed by atoms with van der Waals surface area (Å²) in [6.07, 6.45) is 0. The van der Waals surface area contributed by atoms with Crippen molar-refractivity contribution in [2.45, 2.75) is 20.8 Å². The maximum absolute atomic E-state index is 11.6. The number of carbonyl (C=O) groups is 1. The Bertz CT molecular complexity index is 590. The molecule has 1 aromatic heterocycles. The highest BCUT2D eigenvalue weighted by Crippen LogP contribution is 2.35. The van der Waals surface area contributed by atoms with Gasteiger partial charge in [-0.1, -0.05) is 11.6 Å². The minimum absolute atomic E-state index is 0.0792. The van der Waals surface area contributed by atoms with E-state index in [0.717, 1.165) is 11.1 Å². The number of ether oxygens (including phenoxy) is 1. The first-order chi connectivity index (χ1) is 8.06. The Labute approximate surface area is 104 Å². The highest BCUT2D eigenvalue weighted by Gasteiger charge is 2.18. The monoisotopic (exact) mass is 252 g/mol. The number of aryl methyl sites for hydroxylation is 1. The van der Waals surface area contributed by atoms with Gasteiger partial charge in [-0.2, -0.15) is 5.10 Å². The average molecular weight is 253 g/mol. The lowest BCUT2D eigenvalue weighted by molar-refractivity contribution is 0.101. The van der Waals surface area contributed by atoms with Crippen LogP contribution in [0, 0.1) is 6.92 Å². The molecule has 0 radical (unpaired) electrons. The number of hydrogen-bond acceptors (Lipinski definition) is 3. The summed E-state index contributed by atoms with van der Waals surface area (Å²) in [4.78, 5) is 11.6. The van der Waals surface area contributed by atoms with Crippen LogP contribution in [0.15, 0.2) is 6.07 Å². The van der Waals surface area contributed by atoms with Crippen LogP contribution in [-0.2, 0) is 0 Å². The predicted molar refractivity (Wildman–Crippen MR) is 67.0 cm³/mol. The number of nitrogens with zero attached hydrogens (tertiary/aromatic N) is 1. The largest absolute Gasteiger partial charge is 0.491 e. The van der Waals surface area contributed by atoms with Crippen LogP contribution >= 0.6 is 11.6 Å². The molecule has 0 aliphatic carbocycles. The fraction of sp³-hybridized carbons (Fsp3) is 0.333. The number of aromatic amines is 1. The molecule has 0 unspecified atom stereocenters. The molecule has 0 aliphatic rings. The van der Waals surface area contributed by atoms with Gasteiger partial charge in [-0.15, -0.1) is 0 Å². The number of halogens is 1. The Morgan fingerprint density at radius 2 is 2.29 bits per heavy atom. The van der Waals surface area contributed by atoms with Gasteiger partial charge in [-0.05, 0) is 26.8 Å². The highest BCUT2D eigenvalue weighted by atomic mass is 35.5. The van der Waals surface area contributed by atoms with Crippen molar-refractivity contribution in [3.8, 4) is 5.75 Å². The molecule has 4 nitrogen and oxygen atoms in total. The molecule has 1 heterocycles. The Kier molecular flexibility index (Phi) is 3.07. The number of hydrogen-bond donors (Lipinski definition) is 1. The molecule has 0 aliphatic heterocycles. The second kappa shape index (κ2) is 4.37. The van der Waals surface area contributed by atoms with Crippen molar-refractivity contribution in [3.63, 3.8) is 0 Å². The standard InChI is InChI=1S/C12H13ClN2O2/c1-4-17-12-8(7(3)16)5-9(13)10-6(2)14-15-11(10)12/h5H,4H2,1-3H3,(H,14,15). The van der Waals surface area contributed by atoms with Crippen LogP contribution in [0.1, 0.15) is 29.9 Å². The van der Waals surface area contributed by atoms with E-state index in [-0.39, 0.29) is 5.78 Å². The highest BCUT2D eigenvalue weighted by molar-refractivity contribution is 6.36. The molecule has 1 N–H and O–H groups in total. The van der Waals surface area contributed by atoms with Gasteiger partial charge in [-0.25, -0.2) is 0 Å². The number of aromatic nitrogens is 2. The van der Waals surface area contributed by atoms with E-state index in [1.807, 2.05) is 13.8 Å². The first kappa shape index (κ1) is 11.9. The van der Waals surface area contributed by atoms with Crippen molar-refractivity contribution in [2.75, 3.05) is 6.61 Å². The van der Waals surface area contributed by atoms with E-state index in [9.17, 15) is 4.79 Å². The van der Waals surface area contributed by atoms with Crippen molar-refractivity contribution in [3.05, 3.63) is 22.3 Å².